The zero-order chi connectivity index (χ0) is 33.2. The molecule has 3 aromatic rings. The number of amides is 1. The summed E-state index contributed by atoms with van der Waals surface area (Å²) in [7, 11) is 1.40. The van der Waals surface area contributed by atoms with E-state index in [-0.39, 0.29) is 60.8 Å². The number of carbonyl (C=O) groups excluding carboxylic acids is 1. The summed E-state index contributed by atoms with van der Waals surface area (Å²) in [5.74, 6) is -0.237. The maximum Gasteiger partial charge on any atom is 0.416 e. The minimum absolute atomic E-state index is 0.0554. The van der Waals surface area contributed by atoms with Crippen molar-refractivity contribution in [3.63, 3.8) is 0 Å². The molecule has 1 aromatic carbocycles. The van der Waals surface area contributed by atoms with E-state index >= 15 is 0 Å². The number of anilines is 1. The van der Waals surface area contributed by atoms with Crippen LogP contribution in [-0.4, -0.2) is 57.9 Å². The fourth-order valence-corrected chi connectivity index (χ4v) is 5.80. The number of aliphatic hydroxyl groups excluding tert-OH is 1. The number of aromatic nitrogens is 3. The number of thioether (sulfide) groups is 1. The number of ether oxygens (including phenoxy) is 2. The van der Waals surface area contributed by atoms with Gasteiger partial charge in [0.25, 0.3) is 0 Å². The van der Waals surface area contributed by atoms with Crippen molar-refractivity contribution in [3.05, 3.63) is 70.4 Å². The molecule has 1 aliphatic rings. The van der Waals surface area contributed by atoms with Gasteiger partial charge in [-0.3, -0.25) is 4.90 Å². The quantitative estimate of drug-likeness (QED) is 0.206. The monoisotopic (exact) mass is 659 g/mol. The number of hydrogen-bond acceptors (Lipinski definition) is 9. The Morgan fingerprint density at radius 1 is 1.11 bits per heavy atom. The van der Waals surface area contributed by atoms with E-state index in [1.807, 2.05) is 0 Å². The minimum Gasteiger partial charge on any atom is -0.481 e. The van der Waals surface area contributed by atoms with E-state index in [0.717, 1.165) is 11.8 Å². The molecule has 45 heavy (non-hydrogen) atoms. The SMILES string of the molecule is CCOC(=O)N1c2ccc(OC)nc2[C@@H](c2ncc(SCCO)c(Cc3cc(C(F)(F)F)cc(C(F)(F)F)c3)n2)C[C@@]1(N)CC. The van der Waals surface area contributed by atoms with Crippen LogP contribution in [-0.2, 0) is 23.5 Å². The third-order valence-electron chi connectivity index (χ3n) is 7.25. The summed E-state index contributed by atoms with van der Waals surface area (Å²) in [6, 6.07) is 4.50. The van der Waals surface area contributed by atoms with Crippen LogP contribution >= 0.6 is 11.8 Å². The number of methoxy groups -OCH3 is 1. The summed E-state index contributed by atoms with van der Waals surface area (Å²) in [4.78, 5) is 28.4. The van der Waals surface area contributed by atoms with E-state index < -0.39 is 47.6 Å². The second kappa shape index (κ2) is 13.4. The maximum atomic E-state index is 13.6. The van der Waals surface area contributed by atoms with Crippen molar-refractivity contribution < 1.29 is 45.7 Å². The minimum atomic E-state index is -5.02. The molecular weight excluding hydrogens is 628 g/mol. The van der Waals surface area contributed by atoms with E-state index in [0.29, 0.717) is 28.4 Å². The van der Waals surface area contributed by atoms with Gasteiger partial charge in [0.1, 0.15) is 11.5 Å². The zero-order valence-corrected chi connectivity index (χ0v) is 25.3. The van der Waals surface area contributed by atoms with E-state index in [2.05, 4.69) is 15.0 Å². The van der Waals surface area contributed by atoms with E-state index in [4.69, 9.17) is 15.2 Å². The Bertz CT molecular complexity index is 1510. The number of carbonyl (C=O) groups is 1. The molecule has 1 aliphatic heterocycles. The summed E-state index contributed by atoms with van der Waals surface area (Å²) < 4.78 is 92.1. The molecule has 1 amide bonds. The predicted octanol–water partition coefficient (Wildman–Crippen LogP) is 6.16. The van der Waals surface area contributed by atoms with Gasteiger partial charge in [0.05, 0.1) is 54.4 Å². The summed E-state index contributed by atoms with van der Waals surface area (Å²) >= 11 is 1.10. The smallest absolute Gasteiger partial charge is 0.416 e. The number of rotatable bonds is 9. The first kappa shape index (κ1) is 34.2. The number of nitrogens with two attached hydrogens (primary N) is 1. The lowest BCUT2D eigenvalue weighted by molar-refractivity contribution is -0.143. The number of halogens is 6. The number of nitrogens with zero attached hydrogens (tertiary/aromatic N) is 4. The highest BCUT2D eigenvalue weighted by Crippen LogP contribution is 2.46. The van der Waals surface area contributed by atoms with Crippen LogP contribution in [0.25, 0.3) is 0 Å². The number of benzene rings is 1. The molecule has 0 saturated carbocycles. The van der Waals surface area contributed by atoms with Crippen LogP contribution in [0.3, 0.4) is 0 Å². The largest absolute Gasteiger partial charge is 0.481 e. The van der Waals surface area contributed by atoms with Crippen LogP contribution in [0.4, 0.5) is 36.8 Å². The molecule has 0 unspecified atom stereocenters. The number of hydrogen-bond donors (Lipinski definition) is 2. The van der Waals surface area contributed by atoms with Gasteiger partial charge in [-0.05, 0) is 49.6 Å². The summed E-state index contributed by atoms with van der Waals surface area (Å²) in [5, 5.41) is 9.38. The first-order valence-corrected chi connectivity index (χ1v) is 14.8. The molecule has 3 N–H and O–H groups in total. The van der Waals surface area contributed by atoms with Crippen LogP contribution in [0, 0.1) is 0 Å². The third-order valence-corrected chi connectivity index (χ3v) is 8.29. The standard InChI is InChI=1S/C29H31F6N5O4S/c1-4-27(36)14-19(24-21(6-7-23(39-24)43-3)40(27)26(42)44-5-2)25-37-15-22(45-9-8-41)20(38-25)12-16-10-17(28(30,31)32)13-18(11-16)29(33,34)35/h6-7,10-11,13,15,19,41H,4-5,8-9,12,14,36H2,1-3H3/t19-,27+/m0/s1. The van der Waals surface area contributed by atoms with Gasteiger partial charge in [-0.15, -0.1) is 11.8 Å². The lowest BCUT2D eigenvalue weighted by atomic mass is 9.83. The number of aliphatic hydroxyl groups is 1. The lowest BCUT2D eigenvalue weighted by Gasteiger charge is -2.46. The molecule has 0 bridgehead atoms. The Hall–Kier alpha value is -3.63. The van der Waals surface area contributed by atoms with Crippen molar-refractivity contribution in [1.82, 2.24) is 15.0 Å². The first-order chi connectivity index (χ1) is 21.1. The molecule has 2 atom stereocenters. The highest BCUT2D eigenvalue weighted by molar-refractivity contribution is 7.99. The highest BCUT2D eigenvalue weighted by Gasteiger charge is 2.47. The molecule has 244 valence electrons. The van der Waals surface area contributed by atoms with Crippen molar-refractivity contribution >= 4 is 23.5 Å². The number of fused-ring (bicyclic) bond motifs is 1. The van der Waals surface area contributed by atoms with E-state index in [1.54, 1.807) is 19.9 Å². The fraction of sp³-hybridized carbons (Fsp3) is 0.448. The van der Waals surface area contributed by atoms with Crippen molar-refractivity contribution in [2.75, 3.05) is 31.0 Å². The third kappa shape index (κ3) is 7.44. The van der Waals surface area contributed by atoms with Crippen molar-refractivity contribution in [2.45, 2.75) is 61.9 Å². The summed E-state index contributed by atoms with van der Waals surface area (Å²) in [6.07, 6.45) is -9.41. The Morgan fingerprint density at radius 3 is 2.33 bits per heavy atom. The van der Waals surface area contributed by atoms with Crippen LogP contribution in [0.15, 0.2) is 41.4 Å². The molecule has 0 saturated heterocycles. The van der Waals surface area contributed by atoms with Crippen LogP contribution < -0.4 is 15.4 Å². The number of alkyl halides is 6. The molecule has 4 rings (SSSR count). The lowest BCUT2D eigenvalue weighted by Crippen LogP contribution is -2.61. The Morgan fingerprint density at radius 2 is 1.78 bits per heavy atom. The fourth-order valence-electron chi connectivity index (χ4n) is 5.08. The predicted molar refractivity (Wildman–Crippen MR) is 153 cm³/mol. The molecule has 0 radical (unpaired) electrons. The van der Waals surface area contributed by atoms with Gasteiger partial charge in [0.15, 0.2) is 0 Å². The topological polar surface area (TPSA) is 124 Å². The second-order valence-electron chi connectivity index (χ2n) is 10.2. The zero-order valence-electron chi connectivity index (χ0n) is 24.5. The van der Waals surface area contributed by atoms with Crippen LogP contribution in [0.2, 0.25) is 0 Å². The maximum absolute atomic E-state index is 13.6. The normalized spacial score (nSPS) is 18.5. The highest BCUT2D eigenvalue weighted by atomic mass is 32.2. The molecule has 0 fully saturated rings. The van der Waals surface area contributed by atoms with E-state index in [1.165, 1.54) is 24.3 Å². The molecule has 16 heteroatoms. The number of pyridine rings is 1. The molecule has 3 heterocycles. The Labute approximate surface area is 259 Å². The molecule has 0 aliphatic carbocycles. The average Bonchev–Trinajstić information content (AvgIpc) is 2.98. The molecule has 0 spiro atoms. The Kier molecular flexibility index (Phi) is 10.2. The Balaban J connectivity index is 1.88. The van der Waals surface area contributed by atoms with Crippen molar-refractivity contribution in [2.24, 2.45) is 5.73 Å². The average molecular weight is 660 g/mol. The summed E-state index contributed by atoms with van der Waals surface area (Å²) in [5.41, 5.74) is 3.10. The van der Waals surface area contributed by atoms with Gasteiger partial charge < -0.3 is 20.3 Å². The van der Waals surface area contributed by atoms with Gasteiger partial charge in [-0.1, -0.05) is 6.92 Å². The van der Waals surface area contributed by atoms with Crippen LogP contribution in [0.1, 0.15) is 66.5 Å². The van der Waals surface area contributed by atoms with Gasteiger partial charge in [-0.25, -0.2) is 19.7 Å². The van der Waals surface area contributed by atoms with Gasteiger partial charge in [0.2, 0.25) is 5.88 Å². The van der Waals surface area contributed by atoms with Gasteiger partial charge in [0, 0.05) is 29.3 Å². The second-order valence-corrected chi connectivity index (χ2v) is 11.3. The molecular formula is C29H31F6N5O4S. The molecule has 9 nitrogen and oxygen atoms in total. The van der Waals surface area contributed by atoms with Gasteiger partial charge >= 0.3 is 18.4 Å². The summed E-state index contributed by atoms with van der Waals surface area (Å²) in [6.45, 7) is 3.26. The van der Waals surface area contributed by atoms with Crippen molar-refractivity contribution in [1.29, 1.82) is 0 Å². The van der Waals surface area contributed by atoms with Crippen LogP contribution in [0.5, 0.6) is 5.88 Å². The van der Waals surface area contributed by atoms with Crippen molar-refractivity contribution in [3.8, 4) is 5.88 Å². The molecule has 2 aromatic heterocycles. The van der Waals surface area contributed by atoms with E-state index in [9.17, 15) is 36.2 Å². The van der Waals surface area contributed by atoms with Gasteiger partial charge in [-0.2, -0.15) is 26.3 Å². The first-order valence-electron chi connectivity index (χ1n) is 13.8.